The van der Waals surface area contributed by atoms with E-state index in [1.165, 1.54) is 37.2 Å². The highest BCUT2D eigenvalue weighted by atomic mass is 35.5. The molecule has 4 atom stereocenters. The van der Waals surface area contributed by atoms with Crippen LogP contribution in [0.5, 0.6) is 11.5 Å². The van der Waals surface area contributed by atoms with Gasteiger partial charge in [0.1, 0.15) is 23.1 Å². The number of fused-ring (bicyclic) bond motifs is 2. The number of halogens is 6. The fourth-order valence-electron chi connectivity index (χ4n) is 9.21. The van der Waals surface area contributed by atoms with Crippen molar-refractivity contribution in [3.63, 3.8) is 0 Å². The van der Waals surface area contributed by atoms with Crippen molar-refractivity contribution in [1.29, 1.82) is 0 Å². The number of ketones is 1. The second kappa shape index (κ2) is 20.5. The average Bonchev–Trinajstić information content (AvgIpc) is 3.59. The molecule has 3 aliphatic rings. The van der Waals surface area contributed by atoms with E-state index in [0.29, 0.717) is 36.0 Å². The fraction of sp³-hybridized carbons (Fsp3) is 0.479. The molecule has 4 aromatic rings. The number of carbonyl (C=O) groups excluding carboxylic acids is 4. The first-order chi connectivity index (χ1) is 31.3. The Morgan fingerprint density at radius 1 is 0.970 bits per heavy atom. The average molecular weight is 958 g/mol. The highest BCUT2D eigenvalue weighted by Gasteiger charge is 2.45. The van der Waals surface area contributed by atoms with E-state index < -0.39 is 91.3 Å². The summed E-state index contributed by atoms with van der Waals surface area (Å²) >= 11 is 12.4. The minimum Gasteiger partial charge on any atom is -0.457 e. The Bertz CT molecular complexity index is 2410. The van der Waals surface area contributed by atoms with Crippen LogP contribution in [0.3, 0.4) is 0 Å². The minimum atomic E-state index is -4.87. The zero-order valence-electron chi connectivity index (χ0n) is 37.1. The minimum absolute atomic E-state index is 0.0560. The summed E-state index contributed by atoms with van der Waals surface area (Å²) in [6.07, 6.45) is -1.93. The van der Waals surface area contributed by atoms with E-state index in [0.717, 1.165) is 28.0 Å². The maximum absolute atomic E-state index is 16.1. The molecule has 3 aromatic carbocycles. The molecule has 0 unspecified atom stereocenters. The number of piperidine rings is 1. The lowest BCUT2D eigenvalue weighted by Gasteiger charge is -2.45. The number of amides is 3. The summed E-state index contributed by atoms with van der Waals surface area (Å²) in [5, 5.41) is 13.8. The normalized spacial score (nSPS) is 22.6. The van der Waals surface area contributed by atoms with Gasteiger partial charge in [-0.15, -0.1) is 0 Å². The molecule has 1 saturated carbocycles. The van der Waals surface area contributed by atoms with Crippen LogP contribution in [0.4, 0.5) is 17.6 Å². The van der Waals surface area contributed by atoms with Crippen molar-refractivity contribution in [3.05, 3.63) is 99.7 Å². The molecular weight excluding hydrogens is 903 g/mol. The molecule has 3 heterocycles. The Kier molecular flexibility index (Phi) is 15.2. The summed E-state index contributed by atoms with van der Waals surface area (Å²) in [5.41, 5.74) is 0.954. The number of aliphatic hydroxyl groups excluding tert-OH is 1. The summed E-state index contributed by atoms with van der Waals surface area (Å²) < 4.78 is 67.3. The fourth-order valence-corrected chi connectivity index (χ4v) is 9.53. The monoisotopic (exact) mass is 956 g/mol. The molecule has 2 N–H and O–H groups in total. The first kappa shape index (κ1) is 48.9. The summed E-state index contributed by atoms with van der Waals surface area (Å²) in [7, 11) is 4.03. The van der Waals surface area contributed by atoms with Gasteiger partial charge in [-0.3, -0.25) is 24.1 Å². The number of ether oxygens (including phenoxy) is 1. The number of nitrogens with zero attached hydrogens (tertiary/aromatic N) is 5. The van der Waals surface area contributed by atoms with Crippen molar-refractivity contribution in [3.8, 4) is 22.8 Å². The smallest absolute Gasteiger partial charge is 0.389 e. The van der Waals surface area contributed by atoms with Gasteiger partial charge in [0, 0.05) is 60.2 Å². The zero-order valence-corrected chi connectivity index (χ0v) is 38.6. The van der Waals surface area contributed by atoms with Crippen molar-refractivity contribution in [2.45, 2.75) is 102 Å². The van der Waals surface area contributed by atoms with Gasteiger partial charge < -0.3 is 29.5 Å². The van der Waals surface area contributed by atoms with Crippen molar-refractivity contribution < 1.29 is 46.6 Å². The van der Waals surface area contributed by atoms with Gasteiger partial charge in [-0.25, -0.2) is 9.37 Å². The number of rotatable bonds is 12. The molecule has 0 radical (unpaired) electrons. The molecule has 2 bridgehead atoms. The second-order valence-electron chi connectivity index (χ2n) is 18.0. The summed E-state index contributed by atoms with van der Waals surface area (Å²) in [6.45, 7) is 0.409. The van der Waals surface area contributed by atoms with E-state index >= 15 is 4.39 Å². The molecule has 2 aliphatic heterocycles. The molecule has 2 saturated heterocycles. The van der Waals surface area contributed by atoms with Gasteiger partial charge in [-0.1, -0.05) is 41.8 Å². The number of Topliss-reactive ketones (excluding diaryl/α,β-unsaturated/α-hetero) is 1. The van der Waals surface area contributed by atoms with E-state index in [1.54, 1.807) is 54.7 Å². The van der Waals surface area contributed by atoms with E-state index in [1.807, 2.05) is 11.6 Å². The quantitative estimate of drug-likeness (QED) is 0.136. The van der Waals surface area contributed by atoms with E-state index in [4.69, 9.17) is 27.9 Å². The molecule has 3 amide bonds. The molecule has 3 fully saturated rings. The number of carbonyl (C=O) groups is 4. The maximum atomic E-state index is 16.1. The van der Waals surface area contributed by atoms with Crippen LogP contribution in [0, 0.1) is 17.7 Å². The van der Waals surface area contributed by atoms with Crippen molar-refractivity contribution in [2.24, 2.45) is 18.9 Å². The number of nitrogens with one attached hydrogen (secondary N) is 1. The second-order valence-corrected chi connectivity index (χ2v) is 18.9. The van der Waals surface area contributed by atoms with Gasteiger partial charge in [0.25, 0.3) is 0 Å². The van der Waals surface area contributed by atoms with Crippen molar-refractivity contribution in [2.75, 3.05) is 26.7 Å². The summed E-state index contributed by atoms with van der Waals surface area (Å²) in [6, 6.07) is 15.0. The third kappa shape index (κ3) is 11.6. The predicted octanol–water partition coefficient (Wildman–Crippen LogP) is 8.29. The number of aliphatic hydroxyl groups is 1. The molecule has 12 nitrogen and oxygen atoms in total. The third-order valence-electron chi connectivity index (χ3n) is 13.3. The highest BCUT2D eigenvalue weighted by molar-refractivity contribution is 6.31. The van der Waals surface area contributed by atoms with E-state index in [9.17, 15) is 37.5 Å². The maximum Gasteiger partial charge on any atom is 0.389 e. The van der Waals surface area contributed by atoms with Crippen LogP contribution >= 0.6 is 23.2 Å². The molecule has 1 aromatic heterocycles. The molecule has 0 spiro atoms. The summed E-state index contributed by atoms with van der Waals surface area (Å²) in [5.74, 6) is -6.57. The molecule has 7 rings (SSSR count). The Labute approximate surface area is 391 Å². The number of benzene rings is 3. The lowest BCUT2D eigenvalue weighted by molar-refractivity contribution is -0.164. The number of aromatic nitrogens is 2. The summed E-state index contributed by atoms with van der Waals surface area (Å²) in [4.78, 5) is 65.9. The largest absolute Gasteiger partial charge is 0.457 e. The van der Waals surface area contributed by atoms with Gasteiger partial charge in [-0.2, -0.15) is 13.2 Å². The standard InChI is InChI=1S/C48H54Cl2F4N6O6/c1-29-41(62)18-33(27-61)45(64)56-47(22-30-8-12-34(49)13-9-30)16-5-17-59(28-47)46(65)32(23-48(52,53)54)19-44(63)60(29)25-38-39(51)20-35(50)21-42(38)66-37-14-10-31(11-15-37)40-24-55-43(58(40)3)26-57(2)36-6-4-7-36/h8-15,20-21,24,29,32-33,36,61H,4-7,16-19,22-23,25-28H2,1-3H3,(H,56,64)/t29-,32-,33-,47+/m0/s1. The first-order valence-corrected chi connectivity index (χ1v) is 22.9. The van der Waals surface area contributed by atoms with Crippen LogP contribution < -0.4 is 10.1 Å². The van der Waals surface area contributed by atoms with Crippen LogP contribution in [-0.2, 0) is 45.7 Å². The molecule has 1 aliphatic carbocycles. The molecule has 66 heavy (non-hydrogen) atoms. The third-order valence-corrected chi connectivity index (χ3v) is 13.7. The van der Waals surface area contributed by atoms with Crippen molar-refractivity contribution in [1.82, 2.24) is 29.6 Å². The molecule has 354 valence electrons. The Balaban J connectivity index is 1.18. The van der Waals surface area contributed by atoms with Gasteiger partial charge in [0.05, 0.1) is 61.4 Å². The predicted molar refractivity (Wildman–Crippen MR) is 240 cm³/mol. The SMILES string of the molecule is C[C@H]1C(=O)C[C@@H](CO)C(=O)N[C@@]2(Cc3ccc(Cl)cc3)CCCN(C2)C(=O)[C@H](CC(F)(F)F)CC(=O)N1Cc1c(F)cc(Cl)cc1Oc1ccc(-c2cnc(CN(C)C3CCC3)n2C)cc1. The van der Waals surface area contributed by atoms with Gasteiger partial charge in [0.15, 0.2) is 5.78 Å². The Morgan fingerprint density at radius 3 is 2.33 bits per heavy atom. The van der Waals surface area contributed by atoms with Gasteiger partial charge in [0.2, 0.25) is 17.7 Å². The zero-order chi connectivity index (χ0) is 47.5. The number of alkyl halides is 3. The van der Waals surface area contributed by atoms with Crippen LogP contribution in [0.15, 0.2) is 66.9 Å². The first-order valence-electron chi connectivity index (χ1n) is 22.1. The van der Waals surface area contributed by atoms with Crippen LogP contribution in [0.1, 0.15) is 75.2 Å². The van der Waals surface area contributed by atoms with E-state index in [2.05, 4.69) is 22.2 Å². The molecular formula is C48H54Cl2F4N6O6. The van der Waals surface area contributed by atoms with E-state index in [-0.39, 0.29) is 41.6 Å². The van der Waals surface area contributed by atoms with Gasteiger partial charge >= 0.3 is 6.18 Å². The van der Waals surface area contributed by atoms with Crippen LogP contribution in [0.2, 0.25) is 10.0 Å². The highest BCUT2D eigenvalue weighted by Crippen LogP contribution is 2.37. The Morgan fingerprint density at radius 2 is 1.68 bits per heavy atom. The number of hydrogen-bond donors (Lipinski definition) is 2. The number of imidazole rings is 1. The molecule has 18 heteroatoms. The van der Waals surface area contributed by atoms with Gasteiger partial charge in [-0.05, 0) is 100 Å². The number of hydrogen-bond acceptors (Lipinski definition) is 8. The van der Waals surface area contributed by atoms with Crippen molar-refractivity contribution >= 4 is 46.7 Å². The lowest BCUT2D eigenvalue weighted by Crippen LogP contribution is -2.63. The Hall–Kier alpha value is -5.03. The lowest BCUT2D eigenvalue weighted by atomic mass is 9.81. The topological polar surface area (TPSA) is 137 Å². The van der Waals surface area contributed by atoms with Crippen LogP contribution in [0.25, 0.3) is 11.3 Å². The van der Waals surface area contributed by atoms with Crippen LogP contribution in [-0.4, -0.2) is 103 Å².